The van der Waals surface area contributed by atoms with Crippen LogP contribution in [-0.4, -0.2) is 22.6 Å². The first kappa shape index (κ1) is 16.1. The SMILES string of the molecule is O=C(NCCc1ccc(F)cc1)c1nnc(-c2ccccc2Cl)o1. The van der Waals surface area contributed by atoms with Crippen LogP contribution in [0.25, 0.3) is 11.5 Å². The monoisotopic (exact) mass is 345 g/mol. The highest BCUT2D eigenvalue weighted by atomic mass is 35.5. The van der Waals surface area contributed by atoms with E-state index in [1.807, 2.05) is 0 Å². The predicted octanol–water partition coefficient (Wildman–Crippen LogP) is 3.50. The molecule has 3 rings (SSSR count). The van der Waals surface area contributed by atoms with E-state index in [4.69, 9.17) is 16.0 Å². The number of carbonyl (C=O) groups excluding carboxylic acids is 1. The van der Waals surface area contributed by atoms with Crippen molar-refractivity contribution < 1.29 is 13.6 Å². The van der Waals surface area contributed by atoms with Gasteiger partial charge in [-0.3, -0.25) is 4.79 Å². The maximum absolute atomic E-state index is 12.8. The molecule has 0 unspecified atom stereocenters. The predicted molar refractivity (Wildman–Crippen MR) is 87.2 cm³/mol. The van der Waals surface area contributed by atoms with Crippen molar-refractivity contribution in [3.63, 3.8) is 0 Å². The van der Waals surface area contributed by atoms with Crippen molar-refractivity contribution in [1.82, 2.24) is 15.5 Å². The lowest BCUT2D eigenvalue weighted by Gasteiger charge is -2.02. The van der Waals surface area contributed by atoms with Crippen LogP contribution >= 0.6 is 11.6 Å². The fourth-order valence-electron chi connectivity index (χ4n) is 2.11. The van der Waals surface area contributed by atoms with Crippen LogP contribution in [0.4, 0.5) is 4.39 Å². The van der Waals surface area contributed by atoms with E-state index in [-0.39, 0.29) is 17.6 Å². The number of hydrogen-bond donors (Lipinski definition) is 1. The zero-order valence-corrected chi connectivity index (χ0v) is 13.3. The highest BCUT2D eigenvalue weighted by molar-refractivity contribution is 6.33. The third-order valence-electron chi connectivity index (χ3n) is 3.34. The first-order valence-electron chi connectivity index (χ1n) is 7.24. The average molecular weight is 346 g/mol. The molecule has 1 heterocycles. The Labute approximate surface area is 142 Å². The van der Waals surface area contributed by atoms with Crippen LogP contribution in [0.2, 0.25) is 5.02 Å². The molecule has 7 heteroatoms. The Morgan fingerprint density at radius 3 is 2.62 bits per heavy atom. The van der Waals surface area contributed by atoms with Crippen LogP contribution in [0.1, 0.15) is 16.2 Å². The van der Waals surface area contributed by atoms with Crippen LogP contribution in [-0.2, 0) is 6.42 Å². The van der Waals surface area contributed by atoms with Crippen molar-refractivity contribution >= 4 is 17.5 Å². The van der Waals surface area contributed by atoms with Gasteiger partial charge in [-0.15, -0.1) is 10.2 Å². The van der Waals surface area contributed by atoms with E-state index >= 15 is 0 Å². The molecule has 5 nitrogen and oxygen atoms in total. The molecule has 0 aliphatic carbocycles. The molecule has 3 aromatic rings. The van der Waals surface area contributed by atoms with Gasteiger partial charge >= 0.3 is 11.8 Å². The standard InChI is InChI=1S/C17H13ClFN3O2/c18-14-4-2-1-3-13(14)16-21-22-17(24-16)15(23)20-10-9-11-5-7-12(19)8-6-11/h1-8H,9-10H2,(H,20,23). The third kappa shape index (κ3) is 3.78. The Kier molecular flexibility index (Phi) is 4.86. The number of rotatable bonds is 5. The molecule has 0 radical (unpaired) electrons. The number of carbonyl (C=O) groups is 1. The molecular weight excluding hydrogens is 333 g/mol. The summed E-state index contributed by atoms with van der Waals surface area (Å²) in [6.07, 6.45) is 0.567. The fraction of sp³-hybridized carbons (Fsp3) is 0.118. The summed E-state index contributed by atoms with van der Waals surface area (Å²) in [6.45, 7) is 0.369. The van der Waals surface area contributed by atoms with Crippen molar-refractivity contribution in [2.45, 2.75) is 6.42 Å². The van der Waals surface area contributed by atoms with Gasteiger partial charge in [-0.05, 0) is 36.2 Å². The van der Waals surface area contributed by atoms with E-state index in [1.54, 1.807) is 36.4 Å². The van der Waals surface area contributed by atoms with E-state index in [2.05, 4.69) is 15.5 Å². The highest BCUT2D eigenvalue weighted by Crippen LogP contribution is 2.26. The summed E-state index contributed by atoms with van der Waals surface area (Å²) in [7, 11) is 0. The van der Waals surface area contributed by atoms with Crippen LogP contribution in [0, 0.1) is 5.82 Å². The van der Waals surface area contributed by atoms with Gasteiger partial charge in [0.1, 0.15) is 5.82 Å². The lowest BCUT2D eigenvalue weighted by atomic mass is 10.1. The lowest BCUT2D eigenvalue weighted by Crippen LogP contribution is -2.26. The molecule has 0 spiro atoms. The van der Waals surface area contributed by atoms with Gasteiger partial charge in [0, 0.05) is 6.54 Å². The normalized spacial score (nSPS) is 10.6. The first-order chi connectivity index (χ1) is 11.6. The number of hydrogen-bond acceptors (Lipinski definition) is 4. The molecule has 24 heavy (non-hydrogen) atoms. The molecule has 1 amide bonds. The summed E-state index contributed by atoms with van der Waals surface area (Å²) in [5.41, 5.74) is 1.48. The van der Waals surface area contributed by atoms with Gasteiger partial charge in [-0.1, -0.05) is 35.9 Å². The number of amides is 1. The van der Waals surface area contributed by atoms with Crippen molar-refractivity contribution in [3.05, 3.63) is 70.8 Å². The summed E-state index contributed by atoms with van der Waals surface area (Å²) in [4.78, 5) is 12.0. The molecule has 0 saturated carbocycles. The van der Waals surface area contributed by atoms with Crippen LogP contribution in [0.5, 0.6) is 0 Å². The van der Waals surface area contributed by atoms with E-state index in [0.29, 0.717) is 23.6 Å². The maximum Gasteiger partial charge on any atom is 0.308 e. The molecule has 0 fully saturated rings. The zero-order chi connectivity index (χ0) is 16.9. The quantitative estimate of drug-likeness (QED) is 0.768. The molecule has 0 atom stereocenters. The molecule has 2 aromatic carbocycles. The van der Waals surface area contributed by atoms with Gasteiger partial charge in [0.25, 0.3) is 0 Å². The maximum atomic E-state index is 12.8. The minimum Gasteiger partial charge on any atom is -0.412 e. The van der Waals surface area contributed by atoms with Crippen LogP contribution in [0.3, 0.4) is 0 Å². The minimum atomic E-state index is -0.470. The van der Waals surface area contributed by atoms with E-state index in [9.17, 15) is 9.18 Å². The Morgan fingerprint density at radius 1 is 1.12 bits per heavy atom. The number of benzene rings is 2. The zero-order valence-electron chi connectivity index (χ0n) is 12.5. The molecule has 0 bridgehead atoms. The first-order valence-corrected chi connectivity index (χ1v) is 7.62. The Hall–Kier alpha value is -2.73. The molecule has 1 N–H and O–H groups in total. The molecule has 1 aromatic heterocycles. The molecule has 0 saturated heterocycles. The molecule has 0 aliphatic heterocycles. The average Bonchev–Trinajstić information content (AvgIpc) is 3.07. The van der Waals surface area contributed by atoms with Gasteiger partial charge in [-0.25, -0.2) is 4.39 Å². The minimum absolute atomic E-state index is 0.135. The summed E-state index contributed by atoms with van der Waals surface area (Å²) < 4.78 is 18.2. The topological polar surface area (TPSA) is 68.0 Å². The molecule has 0 aliphatic rings. The molecular formula is C17H13ClFN3O2. The van der Waals surface area contributed by atoms with Crippen LogP contribution in [0.15, 0.2) is 52.9 Å². The highest BCUT2D eigenvalue weighted by Gasteiger charge is 2.16. The van der Waals surface area contributed by atoms with Crippen LogP contribution < -0.4 is 5.32 Å². The van der Waals surface area contributed by atoms with Gasteiger partial charge in [0.05, 0.1) is 10.6 Å². The number of aromatic nitrogens is 2. The second kappa shape index (κ2) is 7.23. The Balaban J connectivity index is 1.60. The van der Waals surface area contributed by atoms with E-state index in [1.165, 1.54) is 12.1 Å². The Bertz CT molecular complexity index is 849. The summed E-state index contributed by atoms with van der Waals surface area (Å²) >= 11 is 6.06. The summed E-state index contributed by atoms with van der Waals surface area (Å²) in [5.74, 6) is -0.711. The number of nitrogens with zero attached hydrogens (tertiary/aromatic N) is 2. The van der Waals surface area contributed by atoms with Crippen molar-refractivity contribution in [2.24, 2.45) is 0 Å². The van der Waals surface area contributed by atoms with Gasteiger partial charge in [-0.2, -0.15) is 0 Å². The number of halogens is 2. The fourth-order valence-corrected chi connectivity index (χ4v) is 2.32. The van der Waals surface area contributed by atoms with Gasteiger partial charge in [0.15, 0.2) is 0 Å². The van der Waals surface area contributed by atoms with E-state index in [0.717, 1.165) is 5.56 Å². The summed E-state index contributed by atoms with van der Waals surface area (Å²) in [5, 5.41) is 10.7. The van der Waals surface area contributed by atoms with Crippen molar-refractivity contribution in [2.75, 3.05) is 6.54 Å². The van der Waals surface area contributed by atoms with E-state index < -0.39 is 5.91 Å². The second-order valence-electron chi connectivity index (χ2n) is 5.02. The lowest BCUT2D eigenvalue weighted by molar-refractivity contribution is 0.0920. The molecule has 122 valence electrons. The third-order valence-corrected chi connectivity index (χ3v) is 3.67. The number of nitrogens with one attached hydrogen (secondary N) is 1. The summed E-state index contributed by atoms with van der Waals surface area (Å²) in [6, 6.07) is 13.1. The largest absolute Gasteiger partial charge is 0.412 e. The Morgan fingerprint density at radius 2 is 1.88 bits per heavy atom. The smallest absolute Gasteiger partial charge is 0.308 e. The van der Waals surface area contributed by atoms with Gasteiger partial charge in [0.2, 0.25) is 5.89 Å². The van der Waals surface area contributed by atoms with Crippen molar-refractivity contribution in [3.8, 4) is 11.5 Å². The second-order valence-corrected chi connectivity index (χ2v) is 5.43. The van der Waals surface area contributed by atoms with Crippen molar-refractivity contribution in [1.29, 1.82) is 0 Å². The van der Waals surface area contributed by atoms with Gasteiger partial charge < -0.3 is 9.73 Å².